The number of nitrogens with zero attached hydrogens (tertiary/aromatic N) is 4. The first kappa shape index (κ1) is 25.1. The standard InChI is InChI=1S/C20H18Cl3N5O4S/c1-3-27-19(11(2)32-17-7-4-12(21)8-15(17)23)25-26-20(27)33-10-18(29)24-16-9-13(28(30)31)5-6-14(16)22/h4-9,11H,3,10H2,1-2H3,(H,24,29). The fourth-order valence-electron chi connectivity index (χ4n) is 2.86. The Bertz CT molecular complexity index is 1190. The zero-order chi connectivity index (χ0) is 24.1. The molecule has 13 heteroatoms. The predicted molar refractivity (Wildman–Crippen MR) is 129 cm³/mol. The van der Waals surface area contributed by atoms with Crippen LogP contribution >= 0.6 is 46.6 Å². The molecule has 1 unspecified atom stereocenters. The van der Waals surface area contributed by atoms with Crippen LogP contribution in [-0.4, -0.2) is 31.3 Å². The van der Waals surface area contributed by atoms with Gasteiger partial charge in [0.2, 0.25) is 5.91 Å². The fraction of sp³-hybridized carbons (Fsp3) is 0.250. The summed E-state index contributed by atoms with van der Waals surface area (Å²) >= 11 is 19.3. The molecule has 1 heterocycles. The lowest BCUT2D eigenvalue weighted by molar-refractivity contribution is -0.384. The molecule has 0 aliphatic heterocycles. The zero-order valence-electron chi connectivity index (χ0n) is 17.4. The van der Waals surface area contributed by atoms with E-state index in [1.54, 1.807) is 18.2 Å². The van der Waals surface area contributed by atoms with E-state index in [2.05, 4.69) is 15.5 Å². The number of thioether (sulfide) groups is 1. The van der Waals surface area contributed by atoms with Crippen molar-refractivity contribution in [3.8, 4) is 5.75 Å². The topological polar surface area (TPSA) is 112 Å². The number of aromatic nitrogens is 3. The van der Waals surface area contributed by atoms with Gasteiger partial charge in [0.1, 0.15) is 5.75 Å². The van der Waals surface area contributed by atoms with Crippen molar-refractivity contribution < 1.29 is 14.5 Å². The summed E-state index contributed by atoms with van der Waals surface area (Å²) in [6.07, 6.45) is -0.469. The van der Waals surface area contributed by atoms with Crippen LogP contribution in [0.4, 0.5) is 11.4 Å². The number of carbonyl (C=O) groups is 1. The number of anilines is 1. The Morgan fingerprint density at radius 3 is 2.64 bits per heavy atom. The molecule has 0 spiro atoms. The monoisotopic (exact) mass is 529 g/mol. The second-order valence-corrected chi connectivity index (χ2v) is 8.87. The number of benzene rings is 2. The summed E-state index contributed by atoms with van der Waals surface area (Å²) < 4.78 is 7.74. The summed E-state index contributed by atoms with van der Waals surface area (Å²) in [5.41, 5.74) is -0.0107. The van der Waals surface area contributed by atoms with Crippen LogP contribution in [0.3, 0.4) is 0 Å². The van der Waals surface area contributed by atoms with Gasteiger partial charge in [-0.1, -0.05) is 46.6 Å². The smallest absolute Gasteiger partial charge is 0.271 e. The number of non-ortho nitro benzene ring substituents is 1. The summed E-state index contributed by atoms with van der Waals surface area (Å²) in [5, 5.41) is 23.5. The first-order chi connectivity index (χ1) is 15.7. The van der Waals surface area contributed by atoms with E-state index in [4.69, 9.17) is 39.5 Å². The Morgan fingerprint density at radius 1 is 1.21 bits per heavy atom. The third kappa shape index (κ3) is 6.29. The molecule has 33 heavy (non-hydrogen) atoms. The molecule has 3 aromatic rings. The second kappa shape index (κ2) is 11.1. The maximum Gasteiger partial charge on any atom is 0.271 e. The van der Waals surface area contributed by atoms with E-state index in [1.807, 2.05) is 18.4 Å². The normalized spacial score (nSPS) is 11.8. The van der Waals surface area contributed by atoms with Gasteiger partial charge in [-0.25, -0.2) is 0 Å². The Balaban J connectivity index is 1.67. The molecule has 174 valence electrons. The van der Waals surface area contributed by atoms with Crippen molar-refractivity contribution in [3.63, 3.8) is 0 Å². The van der Waals surface area contributed by atoms with Crippen molar-refractivity contribution in [1.82, 2.24) is 14.8 Å². The maximum atomic E-state index is 12.4. The number of hydrogen-bond donors (Lipinski definition) is 1. The van der Waals surface area contributed by atoms with E-state index in [1.165, 1.54) is 30.0 Å². The summed E-state index contributed by atoms with van der Waals surface area (Å²) in [7, 11) is 0. The van der Waals surface area contributed by atoms with Crippen LogP contribution in [0.25, 0.3) is 0 Å². The molecule has 0 aliphatic rings. The van der Waals surface area contributed by atoms with Gasteiger partial charge in [-0.05, 0) is 38.1 Å². The van der Waals surface area contributed by atoms with Crippen LogP contribution < -0.4 is 10.1 Å². The minimum Gasteiger partial charge on any atom is -0.481 e. The van der Waals surface area contributed by atoms with Crippen molar-refractivity contribution in [2.24, 2.45) is 0 Å². The minimum atomic E-state index is -0.563. The van der Waals surface area contributed by atoms with Crippen molar-refractivity contribution in [3.05, 3.63) is 67.4 Å². The van der Waals surface area contributed by atoms with Gasteiger partial charge in [-0.3, -0.25) is 14.9 Å². The van der Waals surface area contributed by atoms with E-state index >= 15 is 0 Å². The summed E-state index contributed by atoms with van der Waals surface area (Å²) in [4.78, 5) is 22.8. The van der Waals surface area contributed by atoms with Gasteiger partial charge in [-0.15, -0.1) is 10.2 Å². The summed E-state index contributed by atoms with van der Waals surface area (Å²) in [6, 6.07) is 8.76. The van der Waals surface area contributed by atoms with Gasteiger partial charge in [0.25, 0.3) is 5.69 Å². The SMILES string of the molecule is CCn1c(SCC(=O)Nc2cc([N+](=O)[O-])ccc2Cl)nnc1C(C)Oc1ccc(Cl)cc1Cl. The molecule has 1 atom stereocenters. The number of ether oxygens (including phenoxy) is 1. The van der Waals surface area contributed by atoms with Crippen molar-refractivity contribution in [2.75, 3.05) is 11.1 Å². The van der Waals surface area contributed by atoms with Gasteiger partial charge < -0.3 is 14.6 Å². The zero-order valence-corrected chi connectivity index (χ0v) is 20.5. The number of nitro benzene ring substituents is 1. The summed E-state index contributed by atoms with van der Waals surface area (Å²) in [6.45, 7) is 4.28. The van der Waals surface area contributed by atoms with Crippen LogP contribution in [0.5, 0.6) is 5.75 Å². The number of rotatable bonds is 9. The van der Waals surface area contributed by atoms with Crippen molar-refractivity contribution in [2.45, 2.75) is 31.7 Å². The number of halogens is 3. The molecule has 2 aromatic carbocycles. The fourth-order valence-corrected chi connectivity index (χ4v) is 4.28. The van der Waals surface area contributed by atoms with Gasteiger partial charge in [0, 0.05) is 23.7 Å². The highest BCUT2D eigenvalue weighted by molar-refractivity contribution is 7.99. The maximum absolute atomic E-state index is 12.4. The van der Waals surface area contributed by atoms with E-state index < -0.39 is 16.9 Å². The first-order valence-electron chi connectivity index (χ1n) is 9.61. The molecule has 9 nitrogen and oxygen atoms in total. The van der Waals surface area contributed by atoms with E-state index in [-0.39, 0.29) is 22.2 Å². The molecule has 1 aromatic heterocycles. The number of hydrogen-bond acceptors (Lipinski definition) is 7. The van der Waals surface area contributed by atoms with Crippen LogP contribution in [0.2, 0.25) is 15.1 Å². The van der Waals surface area contributed by atoms with E-state index in [0.717, 1.165) is 0 Å². The van der Waals surface area contributed by atoms with E-state index in [9.17, 15) is 14.9 Å². The Labute approximate surface area is 208 Å². The third-order valence-corrected chi connectivity index (χ3v) is 6.22. The number of nitrogens with one attached hydrogen (secondary N) is 1. The lowest BCUT2D eigenvalue weighted by atomic mass is 10.3. The van der Waals surface area contributed by atoms with Gasteiger partial charge in [0.15, 0.2) is 17.1 Å². The first-order valence-corrected chi connectivity index (χ1v) is 11.7. The molecule has 0 saturated heterocycles. The lowest BCUT2D eigenvalue weighted by Gasteiger charge is -2.16. The molecule has 0 radical (unpaired) electrons. The molecule has 0 bridgehead atoms. The minimum absolute atomic E-state index is 0.00456. The molecule has 3 rings (SSSR count). The van der Waals surface area contributed by atoms with E-state index in [0.29, 0.717) is 33.3 Å². The van der Waals surface area contributed by atoms with Crippen LogP contribution in [0.15, 0.2) is 41.6 Å². The van der Waals surface area contributed by atoms with Crippen molar-refractivity contribution >= 4 is 63.8 Å². The van der Waals surface area contributed by atoms with Crippen LogP contribution in [-0.2, 0) is 11.3 Å². The predicted octanol–water partition coefficient (Wildman–Crippen LogP) is 6.04. The van der Waals surface area contributed by atoms with Crippen LogP contribution in [0, 0.1) is 10.1 Å². The Kier molecular flexibility index (Phi) is 8.41. The molecule has 1 amide bonds. The molecule has 0 saturated carbocycles. The Hall–Kier alpha value is -2.53. The molecular weight excluding hydrogens is 513 g/mol. The molecule has 0 aliphatic carbocycles. The lowest BCUT2D eigenvalue weighted by Crippen LogP contribution is -2.16. The number of carbonyl (C=O) groups excluding carboxylic acids is 1. The molecule has 0 fully saturated rings. The van der Waals surface area contributed by atoms with Gasteiger partial charge >= 0.3 is 0 Å². The highest BCUT2D eigenvalue weighted by Crippen LogP contribution is 2.32. The number of amides is 1. The Morgan fingerprint density at radius 2 is 1.97 bits per heavy atom. The average Bonchev–Trinajstić information content (AvgIpc) is 3.18. The quantitative estimate of drug-likeness (QED) is 0.204. The van der Waals surface area contributed by atoms with Gasteiger partial charge in [0.05, 0.1) is 26.4 Å². The highest BCUT2D eigenvalue weighted by atomic mass is 35.5. The van der Waals surface area contributed by atoms with Crippen molar-refractivity contribution in [1.29, 1.82) is 0 Å². The third-order valence-electron chi connectivity index (χ3n) is 4.39. The second-order valence-electron chi connectivity index (χ2n) is 6.68. The van der Waals surface area contributed by atoms with Crippen LogP contribution in [0.1, 0.15) is 25.8 Å². The molecule has 1 N–H and O–H groups in total. The largest absolute Gasteiger partial charge is 0.481 e. The van der Waals surface area contributed by atoms with Gasteiger partial charge in [-0.2, -0.15) is 0 Å². The highest BCUT2D eigenvalue weighted by Gasteiger charge is 2.21. The molecular formula is C20H18Cl3N5O4S. The summed E-state index contributed by atoms with van der Waals surface area (Å²) in [5.74, 6) is 0.622. The average molecular weight is 531 g/mol. The number of nitro groups is 1.